The highest BCUT2D eigenvalue weighted by atomic mass is 32.1. The lowest BCUT2D eigenvalue weighted by atomic mass is 10.2. The van der Waals surface area contributed by atoms with E-state index in [0.29, 0.717) is 37.5 Å². The van der Waals surface area contributed by atoms with Crippen LogP contribution < -0.4 is 4.90 Å². The minimum absolute atomic E-state index is 0.0365. The Balaban J connectivity index is 1.34. The fraction of sp³-hybridized carbons (Fsp3) is 0.320. The topological polar surface area (TPSA) is 74.3 Å². The number of thiophene rings is 1. The summed E-state index contributed by atoms with van der Waals surface area (Å²) in [5.41, 5.74) is 2.45. The van der Waals surface area contributed by atoms with Crippen LogP contribution in [0.2, 0.25) is 0 Å². The SMILES string of the molecule is CCc1nc2ccc(C(=O)N3CCN(C(=O)c4ccco4)CC3)cn2c1N(C)Cc1cccs1. The number of carbonyl (C=O) groups is 2. The lowest BCUT2D eigenvalue weighted by Gasteiger charge is -2.34. The zero-order valence-electron chi connectivity index (χ0n) is 19.3. The molecule has 0 aliphatic carbocycles. The van der Waals surface area contributed by atoms with Gasteiger partial charge >= 0.3 is 0 Å². The summed E-state index contributed by atoms with van der Waals surface area (Å²) in [6.07, 6.45) is 4.19. The van der Waals surface area contributed by atoms with Crippen molar-refractivity contribution in [2.24, 2.45) is 0 Å². The summed E-state index contributed by atoms with van der Waals surface area (Å²) in [5.74, 6) is 1.17. The molecular formula is C25H27N5O3S. The van der Waals surface area contributed by atoms with Crippen LogP contribution in [0.4, 0.5) is 5.82 Å². The standard InChI is InChI=1S/C25H27N5O3S/c1-3-20-23(27(2)17-19-6-5-15-34-19)30-16-18(8-9-22(30)26-20)24(31)28-10-12-29(13-11-28)25(32)21-7-4-14-33-21/h4-9,14-16H,3,10-13,17H2,1-2H3. The van der Waals surface area contributed by atoms with Gasteiger partial charge in [0.05, 0.1) is 24.1 Å². The number of hydrogen-bond donors (Lipinski definition) is 0. The van der Waals surface area contributed by atoms with Gasteiger partial charge in [0.1, 0.15) is 11.5 Å². The van der Waals surface area contributed by atoms with Gasteiger partial charge in [-0.1, -0.05) is 13.0 Å². The van der Waals surface area contributed by atoms with Gasteiger partial charge in [-0.05, 0) is 42.1 Å². The summed E-state index contributed by atoms with van der Waals surface area (Å²) in [7, 11) is 2.06. The number of piperazine rings is 1. The molecule has 2 amide bonds. The second-order valence-electron chi connectivity index (χ2n) is 8.38. The summed E-state index contributed by atoms with van der Waals surface area (Å²) in [6, 6.07) is 11.3. The minimum Gasteiger partial charge on any atom is -0.459 e. The number of hydrogen-bond acceptors (Lipinski definition) is 6. The Hall–Kier alpha value is -3.59. The lowest BCUT2D eigenvalue weighted by Crippen LogP contribution is -2.50. The van der Waals surface area contributed by atoms with Crippen molar-refractivity contribution in [2.45, 2.75) is 19.9 Å². The van der Waals surface area contributed by atoms with Crippen LogP contribution in [0, 0.1) is 0 Å². The van der Waals surface area contributed by atoms with Crippen molar-refractivity contribution in [1.29, 1.82) is 0 Å². The van der Waals surface area contributed by atoms with E-state index in [9.17, 15) is 9.59 Å². The molecule has 34 heavy (non-hydrogen) atoms. The third-order valence-corrected chi connectivity index (χ3v) is 7.03. The summed E-state index contributed by atoms with van der Waals surface area (Å²) < 4.78 is 7.25. The molecular weight excluding hydrogens is 450 g/mol. The molecule has 5 rings (SSSR count). The van der Waals surface area contributed by atoms with E-state index >= 15 is 0 Å². The van der Waals surface area contributed by atoms with Crippen LogP contribution in [0.15, 0.2) is 58.7 Å². The monoisotopic (exact) mass is 477 g/mol. The van der Waals surface area contributed by atoms with Crippen LogP contribution in [-0.2, 0) is 13.0 Å². The van der Waals surface area contributed by atoms with Crippen molar-refractivity contribution in [1.82, 2.24) is 19.2 Å². The number of anilines is 1. The number of amides is 2. The molecule has 8 nitrogen and oxygen atoms in total. The number of fused-ring (bicyclic) bond motifs is 1. The van der Waals surface area contributed by atoms with E-state index in [0.717, 1.165) is 30.1 Å². The molecule has 0 atom stereocenters. The lowest BCUT2D eigenvalue weighted by molar-refractivity contribution is 0.0518. The average molecular weight is 478 g/mol. The van der Waals surface area contributed by atoms with Gasteiger partial charge in [0.2, 0.25) is 0 Å². The average Bonchev–Trinajstić information content (AvgIpc) is 3.63. The van der Waals surface area contributed by atoms with Crippen LogP contribution in [0.3, 0.4) is 0 Å². The molecule has 1 fully saturated rings. The molecule has 4 aromatic heterocycles. The zero-order chi connectivity index (χ0) is 23.7. The quantitative estimate of drug-likeness (QED) is 0.423. The first-order chi connectivity index (χ1) is 16.5. The third-order valence-electron chi connectivity index (χ3n) is 6.17. The molecule has 1 aliphatic heterocycles. The Morgan fingerprint density at radius 1 is 1.06 bits per heavy atom. The number of aromatic nitrogens is 2. The maximum absolute atomic E-state index is 13.3. The Morgan fingerprint density at radius 3 is 2.47 bits per heavy atom. The van der Waals surface area contributed by atoms with E-state index in [1.807, 2.05) is 22.7 Å². The van der Waals surface area contributed by atoms with Gasteiger partial charge < -0.3 is 19.1 Å². The molecule has 0 radical (unpaired) electrons. The number of furan rings is 1. The number of imidazole rings is 1. The second kappa shape index (κ2) is 9.34. The number of nitrogens with zero attached hydrogens (tertiary/aromatic N) is 5. The van der Waals surface area contributed by atoms with Crippen molar-refractivity contribution >= 4 is 34.6 Å². The smallest absolute Gasteiger partial charge is 0.289 e. The summed E-state index contributed by atoms with van der Waals surface area (Å²) in [6.45, 7) is 4.81. The van der Waals surface area contributed by atoms with Gasteiger partial charge in [-0.2, -0.15) is 0 Å². The summed E-state index contributed by atoms with van der Waals surface area (Å²) in [5, 5.41) is 2.08. The summed E-state index contributed by atoms with van der Waals surface area (Å²) >= 11 is 1.73. The maximum atomic E-state index is 13.3. The normalized spacial score (nSPS) is 14.1. The first-order valence-corrected chi connectivity index (χ1v) is 12.3. The van der Waals surface area contributed by atoms with Gasteiger partial charge in [0.15, 0.2) is 5.76 Å². The van der Waals surface area contributed by atoms with E-state index in [-0.39, 0.29) is 11.8 Å². The van der Waals surface area contributed by atoms with Crippen molar-refractivity contribution < 1.29 is 14.0 Å². The molecule has 0 saturated carbocycles. The first kappa shape index (κ1) is 22.2. The van der Waals surface area contributed by atoms with E-state index in [2.05, 4.69) is 36.4 Å². The van der Waals surface area contributed by atoms with Crippen LogP contribution in [0.1, 0.15) is 38.4 Å². The van der Waals surface area contributed by atoms with Gasteiger partial charge in [0.25, 0.3) is 11.8 Å². The molecule has 0 bridgehead atoms. The number of aryl methyl sites for hydroxylation is 1. The van der Waals surface area contributed by atoms with Crippen LogP contribution >= 0.6 is 11.3 Å². The van der Waals surface area contributed by atoms with E-state index < -0.39 is 0 Å². The number of rotatable bonds is 6. The Bertz CT molecular complexity index is 1290. The molecule has 0 N–H and O–H groups in total. The van der Waals surface area contributed by atoms with E-state index in [1.54, 1.807) is 33.3 Å². The molecule has 4 aromatic rings. The largest absolute Gasteiger partial charge is 0.459 e. The third kappa shape index (κ3) is 4.19. The van der Waals surface area contributed by atoms with Crippen LogP contribution in [-0.4, -0.2) is 64.2 Å². The predicted octanol–water partition coefficient (Wildman–Crippen LogP) is 3.79. The van der Waals surface area contributed by atoms with Gasteiger partial charge in [-0.15, -0.1) is 11.3 Å². The highest BCUT2D eigenvalue weighted by Gasteiger charge is 2.27. The van der Waals surface area contributed by atoms with E-state index in [4.69, 9.17) is 9.40 Å². The Morgan fingerprint density at radius 2 is 1.82 bits per heavy atom. The fourth-order valence-corrected chi connectivity index (χ4v) is 5.17. The number of pyridine rings is 1. The van der Waals surface area contributed by atoms with Gasteiger partial charge in [0, 0.05) is 44.3 Å². The molecule has 5 heterocycles. The van der Waals surface area contributed by atoms with Crippen molar-refractivity contribution in [2.75, 3.05) is 38.1 Å². The first-order valence-electron chi connectivity index (χ1n) is 11.4. The minimum atomic E-state index is -0.137. The molecule has 0 unspecified atom stereocenters. The van der Waals surface area contributed by atoms with Crippen LogP contribution in [0.25, 0.3) is 5.65 Å². The molecule has 0 aromatic carbocycles. The predicted molar refractivity (Wildman–Crippen MR) is 132 cm³/mol. The van der Waals surface area contributed by atoms with Gasteiger partial charge in [-0.25, -0.2) is 4.98 Å². The Kier molecular flexibility index (Phi) is 6.10. The highest BCUT2D eigenvalue weighted by Crippen LogP contribution is 2.26. The summed E-state index contributed by atoms with van der Waals surface area (Å²) in [4.78, 5) is 37.6. The highest BCUT2D eigenvalue weighted by molar-refractivity contribution is 7.09. The van der Waals surface area contributed by atoms with Crippen molar-refractivity contribution in [3.05, 3.63) is 76.1 Å². The maximum Gasteiger partial charge on any atom is 0.289 e. The molecule has 0 spiro atoms. The molecule has 9 heteroatoms. The van der Waals surface area contributed by atoms with Crippen molar-refractivity contribution in [3.8, 4) is 0 Å². The van der Waals surface area contributed by atoms with E-state index in [1.165, 1.54) is 11.1 Å². The zero-order valence-corrected chi connectivity index (χ0v) is 20.1. The van der Waals surface area contributed by atoms with Crippen molar-refractivity contribution in [3.63, 3.8) is 0 Å². The second-order valence-corrected chi connectivity index (χ2v) is 9.41. The van der Waals surface area contributed by atoms with Gasteiger partial charge in [-0.3, -0.25) is 14.0 Å². The molecule has 176 valence electrons. The molecule has 1 aliphatic rings. The Labute approximate surface area is 202 Å². The number of carbonyl (C=O) groups excluding carboxylic acids is 2. The molecule has 1 saturated heterocycles. The van der Waals surface area contributed by atoms with Crippen LogP contribution in [0.5, 0.6) is 0 Å². The fourth-order valence-electron chi connectivity index (χ4n) is 4.41.